The Morgan fingerprint density at radius 3 is 3.19 bits per heavy atom. The Kier molecular flexibility index (Phi) is 3.78. The normalized spacial score (nSPS) is 24.6. The van der Waals surface area contributed by atoms with Crippen LogP contribution in [0.15, 0.2) is 18.3 Å². The molecule has 0 radical (unpaired) electrons. The molecule has 3 heteroatoms. The molecule has 16 heavy (non-hydrogen) atoms. The number of nitrogens with one attached hydrogen (secondary N) is 1. The van der Waals surface area contributed by atoms with Crippen LogP contribution in [-0.4, -0.2) is 24.2 Å². The number of pyridine rings is 1. The van der Waals surface area contributed by atoms with Gasteiger partial charge < -0.3 is 10.1 Å². The maximum absolute atomic E-state index is 5.67. The Morgan fingerprint density at radius 1 is 1.56 bits per heavy atom. The van der Waals surface area contributed by atoms with Crippen molar-refractivity contribution >= 4 is 5.69 Å². The van der Waals surface area contributed by atoms with Crippen LogP contribution >= 0.6 is 0 Å². The molecule has 1 N–H and O–H groups in total. The molecule has 2 heterocycles. The second kappa shape index (κ2) is 5.30. The van der Waals surface area contributed by atoms with Crippen LogP contribution < -0.4 is 5.32 Å². The summed E-state index contributed by atoms with van der Waals surface area (Å²) in [6.07, 6.45) is 4.58. The van der Waals surface area contributed by atoms with Crippen molar-refractivity contribution in [3.8, 4) is 0 Å². The highest BCUT2D eigenvalue weighted by Gasteiger charge is 2.26. The summed E-state index contributed by atoms with van der Waals surface area (Å²) in [5, 5.41) is 3.47. The van der Waals surface area contributed by atoms with Gasteiger partial charge in [0.15, 0.2) is 0 Å². The SMILES string of the molecule is CCC1OCCC1CNc1ccnc(C)c1. The molecule has 0 spiro atoms. The van der Waals surface area contributed by atoms with E-state index in [9.17, 15) is 0 Å². The molecule has 0 aromatic carbocycles. The quantitative estimate of drug-likeness (QED) is 0.847. The zero-order valence-corrected chi connectivity index (χ0v) is 10.1. The fourth-order valence-corrected chi connectivity index (χ4v) is 2.28. The molecule has 3 nitrogen and oxygen atoms in total. The van der Waals surface area contributed by atoms with E-state index in [2.05, 4.69) is 23.3 Å². The zero-order valence-electron chi connectivity index (χ0n) is 10.1. The molecule has 2 unspecified atom stereocenters. The number of hydrogen-bond donors (Lipinski definition) is 1. The summed E-state index contributed by atoms with van der Waals surface area (Å²) in [6.45, 7) is 6.13. The third-order valence-corrected chi connectivity index (χ3v) is 3.21. The van der Waals surface area contributed by atoms with E-state index in [0.29, 0.717) is 12.0 Å². The van der Waals surface area contributed by atoms with Gasteiger partial charge in [-0.2, -0.15) is 0 Å². The van der Waals surface area contributed by atoms with Crippen molar-refractivity contribution in [3.05, 3.63) is 24.0 Å². The second-order valence-electron chi connectivity index (χ2n) is 4.43. The average Bonchev–Trinajstić information content (AvgIpc) is 2.74. The van der Waals surface area contributed by atoms with Crippen molar-refractivity contribution in [2.24, 2.45) is 5.92 Å². The minimum atomic E-state index is 0.440. The first kappa shape index (κ1) is 11.4. The van der Waals surface area contributed by atoms with Crippen molar-refractivity contribution < 1.29 is 4.74 Å². The van der Waals surface area contributed by atoms with Crippen molar-refractivity contribution in [1.82, 2.24) is 4.98 Å². The van der Waals surface area contributed by atoms with Gasteiger partial charge >= 0.3 is 0 Å². The van der Waals surface area contributed by atoms with Crippen molar-refractivity contribution in [2.45, 2.75) is 32.8 Å². The molecule has 0 bridgehead atoms. The third-order valence-electron chi connectivity index (χ3n) is 3.21. The van der Waals surface area contributed by atoms with Gasteiger partial charge in [0.05, 0.1) is 6.10 Å². The van der Waals surface area contributed by atoms with Gasteiger partial charge in [-0.25, -0.2) is 0 Å². The number of hydrogen-bond acceptors (Lipinski definition) is 3. The first-order valence-electron chi connectivity index (χ1n) is 6.07. The lowest BCUT2D eigenvalue weighted by atomic mass is 9.99. The number of aryl methyl sites for hydroxylation is 1. The Hall–Kier alpha value is -1.09. The number of anilines is 1. The predicted octanol–water partition coefficient (Wildman–Crippen LogP) is 2.62. The third kappa shape index (κ3) is 2.73. The summed E-state index contributed by atoms with van der Waals surface area (Å²) in [6, 6.07) is 4.10. The fraction of sp³-hybridized carbons (Fsp3) is 0.615. The van der Waals surface area contributed by atoms with E-state index in [1.165, 1.54) is 6.42 Å². The molecule has 2 rings (SSSR count). The lowest BCUT2D eigenvalue weighted by Crippen LogP contribution is -2.22. The van der Waals surface area contributed by atoms with Gasteiger partial charge in [0.25, 0.3) is 0 Å². The maximum Gasteiger partial charge on any atom is 0.0618 e. The molecule has 1 fully saturated rings. The number of ether oxygens (including phenoxy) is 1. The highest BCUT2D eigenvalue weighted by Crippen LogP contribution is 2.23. The van der Waals surface area contributed by atoms with Gasteiger partial charge in [-0.1, -0.05) is 6.92 Å². The number of aromatic nitrogens is 1. The molecule has 1 aromatic rings. The molecule has 88 valence electrons. The van der Waals surface area contributed by atoms with E-state index in [-0.39, 0.29) is 0 Å². The van der Waals surface area contributed by atoms with E-state index in [4.69, 9.17) is 4.74 Å². The van der Waals surface area contributed by atoms with Crippen LogP contribution in [-0.2, 0) is 4.74 Å². The van der Waals surface area contributed by atoms with E-state index >= 15 is 0 Å². The predicted molar refractivity (Wildman–Crippen MR) is 65.6 cm³/mol. The van der Waals surface area contributed by atoms with E-state index < -0.39 is 0 Å². The van der Waals surface area contributed by atoms with E-state index in [0.717, 1.165) is 31.0 Å². The zero-order chi connectivity index (χ0) is 11.4. The summed E-state index contributed by atoms with van der Waals surface area (Å²) >= 11 is 0. The topological polar surface area (TPSA) is 34.1 Å². The summed E-state index contributed by atoms with van der Waals surface area (Å²) in [4.78, 5) is 4.19. The Morgan fingerprint density at radius 2 is 2.44 bits per heavy atom. The highest BCUT2D eigenvalue weighted by molar-refractivity contribution is 5.42. The van der Waals surface area contributed by atoms with E-state index in [1.807, 2.05) is 19.2 Å². The van der Waals surface area contributed by atoms with Gasteiger partial charge in [0, 0.05) is 36.6 Å². The minimum Gasteiger partial charge on any atom is -0.385 e. The molecule has 1 saturated heterocycles. The average molecular weight is 220 g/mol. The smallest absolute Gasteiger partial charge is 0.0618 e. The number of nitrogens with zero attached hydrogens (tertiary/aromatic N) is 1. The molecule has 0 aliphatic carbocycles. The first-order chi connectivity index (χ1) is 7.79. The number of rotatable bonds is 4. The molecule has 1 aromatic heterocycles. The van der Waals surface area contributed by atoms with Crippen LogP contribution in [0.2, 0.25) is 0 Å². The van der Waals surface area contributed by atoms with Crippen molar-refractivity contribution in [3.63, 3.8) is 0 Å². The first-order valence-corrected chi connectivity index (χ1v) is 6.07. The summed E-state index contributed by atoms with van der Waals surface area (Å²) < 4.78 is 5.67. The molecule has 1 aliphatic rings. The molecule has 0 amide bonds. The standard InChI is InChI=1S/C13H20N2O/c1-3-13-11(5-7-16-13)9-15-12-4-6-14-10(2)8-12/h4,6,8,11,13H,3,5,7,9H2,1-2H3,(H,14,15). The highest BCUT2D eigenvalue weighted by atomic mass is 16.5. The summed E-state index contributed by atoms with van der Waals surface area (Å²) in [7, 11) is 0. The van der Waals surface area contributed by atoms with Crippen LogP contribution in [0.1, 0.15) is 25.5 Å². The Labute approximate surface area is 97.2 Å². The molecular weight excluding hydrogens is 200 g/mol. The summed E-state index contributed by atoms with van der Waals surface area (Å²) in [5.74, 6) is 0.651. The van der Waals surface area contributed by atoms with Crippen molar-refractivity contribution in [1.29, 1.82) is 0 Å². The lowest BCUT2D eigenvalue weighted by Gasteiger charge is -2.17. The minimum absolute atomic E-state index is 0.440. The van der Waals surface area contributed by atoms with Crippen LogP contribution in [0.5, 0.6) is 0 Å². The lowest BCUT2D eigenvalue weighted by molar-refractivity contribution is 0.0900. The molecule has 2 atom stereocenters. The van der Waals surface area contributed by atoms with Crippen LogP contribution in [0, 0.1) is 12.8 Å². The van der Waals surface area contributed by atoms with Gasteiger partial charge in [-0.05, 0) is 31.9 Å². The monoisotopic (exact) mass is 220 g/mol. The maximum atomic E-state index is 5.67. The Balaban J connectivity index is 1.87. The molecule has 0 saturated carbocycles. The summed E-state index contributed by atoms with van der Waals surface area (Å²) in [5.41, 5.74) is 2.22. The van der Waals surface area contributed by atoms with Gasteiger partial charge in [0.2, 0.25) is 0 Å². The second-order valence-corrected chi connectivity index (χ2v) is 4.43. The molecule has 1 aliphatic heterocycles. The Bertz CT molecular complexity index is 340. The largest absolute Gasteiger partial charge is 0.385 e. The van der Waals surface area contributed by atoms with Gasteiger partial charge in [-0.3, -0.25) is 4.98 Å². The van der Waals surface area contributed by atoms with E-state index in [1.54, 1.807) is 0 Å². The van der Waals surface area contributed by atoms with Gasteiger partial charge in [-0.15, -0.1) is 0 Å². The van der Waals surface area contributed by atoms with Crippen LogP contribution in [0.4, 0.5) is 5.69 Å². The van der Waals surface area contributed by atoms with Crippen LogP contribution in [0.3, 0.4) is 0 Å². The molecular formula is C13H20N2O. The van der Waals surface area contributed by atoms with Crippen molar-refractivity contribution in [2.75, 3.05) is 18.5 Å². The van der Waals surface area contributed by atoms with Gasteiger partial charge in [0.1, 0.15) is 0 Å². The van der Waals surface area contributed by atoms with Crippen LogP contribution in [0.25, 0.3) is 0 Å². The fourth-order valence-electron chi connectivity index (χ4n) is 2.28.